The number of carbonyl (C=O) groups excluding carboxylic acids is 1. The van der Waals surface area contributed by atoms with Crippen molar-refractivity contribution in [1.82, 2.24) is 10.3 Å². The van der Waals surface area contributed by atoms with E-state index in [0.717, 1.165) is 16.5 Å². The first-order chi connectivity index (χ1) is 9.24. The molecule has 0 radical (unpaired) electrons. The zero-order valence-electron chi connectivity index (χ0n) is 11.1. The second-order valence-electron chi connectivity index (χ2n) is 4.05. The normalized spacial score (nSPS) is 10.2. The van der Waals surface area contributed by atoms with Crippen molar-refractivity contribution in [2.24, 2.45) is 0 Å². The number of pyridine rings is 1. The number of ether oxygens (including phenoxy) is 1. The third-order valence-corrected chi connectivity index (χ3v) is 2.76. The van der Waals surface area contributed by atoms with E-state index in [1.165, 1.54) is 0 Å². The number of carbonyl (C=O) groups is 1. The van der Waals surface area contributed by atoms with Crippen LogP contribution in [0.15, 0.2) is 30.5 Å². The third-order valence-electron chi connectivity index (χ3n) is 2.76. The predicted octanol–water partition coefficient (Wildman–Crippen LogP) is 1.79. The average Bonchev–Trinajstić information content (AvgIpc) is 2.44. The minimum atomic E-state index is -0.0517. The fourth-order valence-corrected chi connectivity index (χ4v) is 1.84. The van der Waals surface area contributed by atoms with Gasteiger partial charge in [0, 0.05) is 18.1 Å². The molecule has 2 rings (SSSR count). The second kappa shape index (κ2) is 6.04. The molecule has 0 spiro atoms. The van der Waals surface area contributed by atoms with E-state index in [1.54, 1.807) is 13.3 Å². The molecule has 1 heterocycles. The van der Waals surface area contributed by atoms with Gasteiger partial charge in [-0.15, -0.1) is 0 Å². The number of likely N-dealkylation sites (N-methyl/N-ethyl adjacent to an activating group) is 1. The summed E-state index contributed by atoms with van der Waals surface area (Å²) in [4.78, 5) is 15.7. The molecule has 0 aliphatic rings. The fourth-order valence-electron chi connectivity index (χ4n) is 1.84. The Balaban J connectivity index is 2.24. The van der Waals surface area contributed by atoms with Crippen LogP contribution in [0.5, 0.6) is 5.75 Å². The van der Waals surface area contributed by atoms with E-state index in [9.17, 15) is 4.79 Å². The number of hydrogen-bond donors (Lipinski definition) is 2. The van der Waals surface area contributed by atoms with Gasteiger partial charge in [-0.1, -0.05) is 6.07 Å². The molecular formula is C14H17N3O2. The van der Waals surface area contributed by atoms with Crippen LogP contribution < -0.4 is 15.4 Å². The standard InChI is InChI=1S/C14H17N3O2/c1-3-15-13(18)9-17-14-12-8-11(19-2)5-4-10(12)6-7-16-14/h4-8H,3,9H2,1-2H3,(H,15,18)(H,16,17). The minimum absolute atomic E-state index is 0.0517. The molecule has 5 heteroatoms. The molecule has 0 unspecified atom stereocenters. The fraction of sp³-hybridized carbons (Fsp3) is 0.286. The second-order valence-corrected chi connectivity index (χ2v) is 4.05. The van der Waals surface area contributed by atoms with Crippen LogP contribution in [-0.4, -0.2) is 31.1 Å². The molecule has 0 saturated carbocycles. The number of nitrogens with one attached hydrogen (secondary N) is 2. The minimum Gasteiger partial charge on any atom is -0.497 e. The van der Waals surface area contributed by atoms with Gasteiger partial charge in [-0.05, 0) is 30.5 Å². The van der Waals surface area contributed by atoms with Crippen LogP contribution in [0.3, 0.4) is 0 Å². The van der Waals surface area contributed by atoms with Gasteiger partial charge in [-0.25, -0.2) is 4.98 Å². The highest BCUT2D eigenvalue weighted by Gasteiger charge is 2.05. The van der Waals surface area contributed by atoms with E-state index < -0.39 is 0 Å². The zero-order valence-corrected chi connectivity index (χ0v) is 11.1. The molecule has 0 fully saturated rings. The van der Waals surface area contributed by atoms with Gasteiger partial charge < -0.3 is 15.4 Å². The number of nitrogens with zero attached hydrogens (tertiary/aromatic N) is 1. The summed E-state index contributed by atoms with van der Waals surface area (Å²) in [6.07, 6.45) is 1.72. The van der Waals surface area contributed by atoms with Crippen LogP contribution in [0.25, 0.3) is 10.8 Å². The average molecular weight is 259 g/mol. The maximum Gasteiger partial charge on any atom is 0.239 e. The Morgan fingerprint density at radius 3 is 2.95 bits per heavy atom. The number of anilines is 1. The van der Waals surface area contributed by atoms with E-state index >= 15 is 0 Å². The maximum atomic E-state index is 11.4. The summed E-state index contributed by atoms with van der Waals surface area (Å²) in [6, 6.07) is 7.69. The Bertz CT molecular complexity index is 584. The lowest BCUT2D eigenvalue weighted by atomic mass is 10.1. The topological polar surface area (TPSA) is 63.2 Å². The largest absolute Gasteiger partial charge is 0.497 e. The molecule has 0 atom stereocenters. The highest BCUT2D eigenvalue weighted by atomic mass is 16.5. The number of methoxy groups -OCH3 is 1. The lowest BCUT2D eigenvalue weighted by molar-refractivity contribution is -0.119. The number of amides is 1. The third kappa shape index (κ3) is 3.13. The van der Waals surface area contributed by atoms with Gasteiger partial charge in [0.05, 0.1) is 13.7 Å². The summed E-state index contributed by atoms with van der Waals surface area (Å²) >= 11 is 0. The van der Waals surface area contributed by atoms with Crippen molar-refractivity contribution < 1.29 is 9.53 Å². The summed E-state index contributed by atoms with van der Waals surface area (Å²) in [6.45, 7) is 2.72. The molecule has 1 aromatic heterocycles. The molecule has 1 aromatic carbocycles. The molecule has 100 valence electrons. The van der Waals surface area contributed by atoms with Crippen molar-refractivity contribution in [1.29, 1.82) is 0 Å². The van der Waals surface area contributed by atoms with Crippen LogP contribution in [0.2, 0.25) is 0 Å². The van der Waals surface area contributed by atoms with Crippen LogP contribution >= 0.6 is 0 Å². The van der Waals surface area contributed by atoms with E-state index in [-0.39, 0.29) is 12.5 Å². The first kappa shape index (κ1) is 13.1. The molecule has 19 heavy (non-hydrogen) atoms. The molecule has 5 nitrogen and oxygen atoms in total. The highest BCUT2D eigenvalue weighted by Crippen LogP contribution is 2.25. The Labute approximate surface area is 112 Å². The summed E-state index contributed by atoms with van der Waals surface area (Å²) in [5.74, 6) is 1.40. The monoisotopic (exact) mass is 259 g/mol. The van der Waals surface area contributed by atoms with Gasteiger partial charge in [0.1, 0.15) is 11.6 Å². The van der Waals surface area contributed by atoms with Gasteiger partial charge >= 0.3 is 0 Å². The van der Waals surface area contributed by atoms with E-state index in [0.29, 0.717) is 12.4 Å². The van der Waals surface area contributed by atoms with Crippen molar-refractivity contribution in [3.63, 3.8) is 0 Å². The van der Waals surface area contributed by atoms with Gasteiger partial charge in [0.15, 0.2) is 0 Å². The Hall–Kier alpha value is -2.30. The SMILES string of the molecule is CCNC(=O)CNc1nccc2ccc(OC)cc12. The maximum absolute atomic E-state index is 11.4. The van der Waals surface area contributed by atoms with Crippen molar-refractivity contribution in [2.45, 2.75) is 6.92 Å². The quantitative estimate of drug-likeness (QED) is 0.859. The lowest BCUT2D eigenvalue weighted by Crippen LogP contribution is -2.29. The molecular weight excluding hydrogens is 242 g/mol. The summed E-state index contributed by atoms with van der Waals surface area (Å²) in [5.41, 5.74) is 0. The van der Waals surface area contributed by atoms with E-state index in [1.807, 2.05) is 31.2 Å². The first-order valence-corrected chi connectivity index (χ1v) is 6.18. The summed E-state index contributed by atoms with van der Waals surface area (Å²) in [7, 11) is 1.62. The molecule has 1 amide bonds. The molecule has 0 aliphatic heterocycles. The summed E-state index contributed by atoms with van der Waals surface area (Å²) < 4.78 is 5.21. The number of rotatable bonds is 5. The van der Waals surface area contributed by atoms with Crippen LogP contribution in [-0.2, 0) is 4.79 Å². The van der Waals surface area contributed by atoms with Gasteiger partial charge in [0.25, 0.3) is 0 Å². The smallest absolute Gasteiger partial charge is 0.239 e. The van der Waals surface area contributed by atoms with Crippen molar-refractivity contribution in [2.75, 3.05) is 25.5 Å². The lowest BCUT2D eigenvalue weighted by Gasteiger charge is -2.09. The van der Waals surface area contributed by atoms with Gasteiger partial charge in [-0.3, -0.25) is 4.79 Å². The summed E-state index contributed by atoms with van der Waals surface area (Å²) in [5, 5.41) is 7.76. The van der Waals surface area contributed by atoms with Gasteiger partial charge in [-0.2, -0.15) is 0 Å². The van der Waals surface area contributed by atoms with Gasteiger partial charge in [0.2, 0.25) is 5.91 Å². The Kier molecular flexibility index (Phi) is 4.18. The Morgan fingerprint density at radius 2 is 2.21 bits per heavy atom. The molecule has 2 aromatic rings. The molecule has 0 aliphatic carbocycles. The molecule has 0 bridgehead atoms. The number of fused-ring (bicyclic) bond motifs is 1. The van der Waals surface area contributed by atoms with Crippen molar-refractivity contribution in [3.8, 4) is 5.75 Å². The predicted molar refractivity (Wildman–Crippen MR) is 75.5 cm³/mol. The van der Waals surface area contributed by atoms with Crippen LogP contribution in [0, 0.1) is 0 Å². The van der Waals surface area contributed by atoms with Crippen molar-refractivity contribution >= 4 is 22.5 Å². The number of benzene rings is 1. The van der Waals surface area contributed by atoms with E-state index in [4.69, 9.17) is 4.74 Å². The number of hydrogen-bond acceptors (Lipinski definition) is 4. The van der Waals surface area contributed by atoms with Crippen LogP contribution in [0.4, 0.5) is 5.82 Å². The highest BCUT2D eigenvalue weighted by molar-refractivity contribution is 5.94. The van der Waals surface area contributed by atoms with Crippen molar-refractivity contribution in [3.05, 3.63) is 30.5 Å². The first-order valence-electron chi connectivity index (χ1n) is 6.18. The van der Waals surface area contributed by atoms with E-state index in [2.05, 4.69) is 15.6 Å². The van der Waals surface area contributed by atoms with Crippen LogP contribution in [0.1, 0.15) is 6.92 Å². The Morgan fingerprint density at radius 1 is 1.37 bits per heavy atom. The zero-order chi connectivity index (χ0) is 13.7. The number of aromatic nitrogens is 1. The molecule has 0 saturated heterocycles. The molecule has 2 N–H and O–H groups in total.